The number of carbonyl (C=O) groups excluding carboxylic acids is 1. The van der Waals surface area contributed by atoms with Gasteiger partial charge in [0.1, 0.15) is 11.4 Å². The van der Waals surface area contributed by atoms with E-state index in [2.05, 4.69) is 15.2 Å². The van der Waals surface area contributed by atoms with E-state index in [-0.39, 0.29) is 0 Å². The standard InChI is InChI=1S/C24H24N6O3/c1-32-21-14-16(6-7-20(21)29-10-12-33-13-11-29)19-15-22-26-8-9-30(22)24(28-19)27-18-5-3-2-4-17(18)23(25)31/h2-9,14-15H,10-13H2,1H3,(H2,25,31)(H,27,28). The Morgan fingerprint density at radius 2 is 1.97 bits per heavy atom. The van der Waals surface area contributed by atoms with Crippen LogP contribution < -0.4 is 20.7 Å². The Morgan fingerprint density at radius 3 is 2.76 bits per heavy atom. The highest BCUT2D eigenvalue weighted by atomic mass is 16.5. The van der Waals surface area contributed by atoms with E-state index in [9.17, 15) is 4.79 Å². The summed E-state index contributed by atoms with van der Waals surface area (Å²) in [5.74, 6) is 0.775. The second kappa shape index (κ2) is 8.79. The Labute approximate surface area is 190 Å². The molecule has 1 aliphatic rings. The molecule has 5 rings (SSSR count). The predicted octanol–water partition coefficient (Wildman–Crippen LogP) is 3.08. The van der Waals surface area contributed by atoms with Gasteiger partial charge >= 0.3 is 0 Å². The molecule has 4 aromatic rings. The Hall–Kier alpha value is -4.11. The molecule has 1 amide bonds. The third-order valence-corrected chi connectivity index (χ3v) is 5.66. The third kappa shape index (κ3) is 4.06. The van der Waals surface area contributed by atoms with Gasteiger partial charge in [0.15, 0.2) is 0 Å². The highest BCUT2D eigenvalue weighted by molar-refractivity contribution is 5.99. The number of hydrogen-bond donors (Lipinski definition) is 2. The van der Waals surface area contributed by atoms with Crippen molar-refractivity contribution < 1.29 is 14.3 Å². The molecule has 33 heavy (non-hydrogen) atoms. The maximum Gasteiger partial charge on any atom is 0.250 e. The second-order valence-corrected chi connectivity index (χ2v) is 7.64. The average molecular weight is 444 g/mol. The fraction of sp³-hybridized carbons (Fsp3) is 0.208. The predicted molar refractivity (Wildman–Crippen MR) is 126 cm³/mol. The first-order valence-electron chi connectivity index (χ1n) is 10.6. The van der Waals surface area contributed by atoms with Crippen LogP contribution in [-0.4, -0.2) is 53.7 Å². The maximum absolute atomic E-state index is 11.9. The number of benzene rings is 2. The highest BCUT2D eigenvalue weighted by Crippen LogP contribution is 2.34. The number of methoxy groups -OCH3 is 1. The third-order valence-electron chi connectivity index (χ3n) is 5.66. The number of nitrogens with zero attached hydrogens (tertiary/aromatic N) is 4. The van der Waals surface area contributed by atoms with Crippen molar-refractivity contribution >= 4 is 28.9 Å². The molecular weight excluding hydrogens is 420 g/mol. The number of nitrogens with one attached hydrogen (secondary N) is 1. The quantitative estimate of drug-likeness (QED) is 0.471. The number of para-hydroxylation sites is 1. The van der Waals surface area contributed by atoms with E-state index in [1.807, 2.05) is 40.9 Å². The van der Waals surface area contributed by atoms with E-state index < -0.39 is 5.91 Å². The number of primary amides is 1. The summed E-state index contributed by atoms with van der Waals surface area (Å²) >= 11 is 0. The normalized spacial score (nSPS) is 13.8. The number of imidazole rings is 1. The molecule has 0 unspecified atom stereocenters. The van der Waals surface area contributed by atoms with E-state index in [0.29, 0.717) is 30.4 Å². The molecule has 9 heteroatoms. The van der Waals surface area contributed by atoms with Gasteiger partial charge < -0.3 is 25.4 Å². The van der Waals surface area contributed by atoms with Gasteiger partial charge in [-0.15, -0.1) is 0 Å². The van der Waals surface area contributed by atoms with Crippen LogP contribution in [0.15, 0.2) is 60.9 Å². The molecule has 1 aliphatic heterocycles. The van der Waals surface area contributed by atoms with Gasteiger partial charge in [0.2, 0.25) is 5.95 Å². The van der Waals surface area contributed by atoms with Crippen LogP contribution in [-0.2, 0) is 4.74 Å². The lowest BCUT2D eigenvalue weighted by Crippen LogP contribution is -2.36. The summed E-state index contributed by atoms with van der Waals surface area (Å²) in [5, 5.41) is 3.24. The molecule has 2 aromatic carbocycles. The van der Waals surface area contributed by atoms with Gasteiger partial charge in [0.05, 0.1) is 43.0 Å². The highest BCUT2D eigenvalue weighted by Gasteiger charge is 2.18. The van der Waals surface area contributed by atoms with Crippen molar-refractivity contribution in [2.75, 3.05) is 43.6 Å². The number of morpholine rings is 1. The zero-order valence-corrected chi connectivity index (χ0v) is 18.2. The van der Waals surface area contributed by atoms with Crippen molar-refractivity contribution in [3.63, 3.8) is 0 Å². The van der Waals surface area contributed by atoms with Gasteiger partial charge in [-0.2, -0.15) is 0 Å². The molecule has 3 heterocycles. The number of ether oxygens (including phenoxy) is 2. The summed E-state index contributed by atoms with van der Waals surface area (Å²) in [6.45, 7) is 3.04. The van der Waals surface area contributed by atoms with E-state index >= 15 is 0 Å². The van der Waals surface area contributed by atoms with Crippen molar-refractivity contribution in [1.29, 1.82) is 0 Å². The van der Waals surface area contributed by atoms with Crippen LogP contribution in [0.3, 0.4) is 0 Å². The van der Waals surface area contributed by atoms with E-state index in [0.717, 1.165) is 41.4 Å². The number of carbonyl (C=O) groups is 1. The number of hydrogen-bond acceptors (Lipinski definition) is 7. The summed E-state index contributed by atoms with van der Waals surface area (Å²) in [4.78, 5) is 23.4. The lowest BCUT2D eigenvalue weighted by molar-refractivity contribution is 0.100. The largest absolute Gasteiger partial charge is 0.495 e. The first-order chi connectivity index (χ1) is 16.1. The summed E-state index contributed by atoms with van der Waals surface area (Å²) in [5.41, 5.74) is 9.86. The van der Waals surface area contributed by atoms with Crippen molar-refractivity contribution in [3.8, 4) is 17.0 Å². The minimum Gasteiger partial charge on any atom is -0.495 e. The number of aromatic nitrogens is 3. The van der Waals surface area contributed by atoms with Gasteiger partial charge in [0.25, 0.3) is 5.91 Å². The summed E-state index contributed by atoms with van der Waals surface area (Å²) in [7, 11) is 1.67. The monoisotopic (exact) mass is 444 g/mol. The first-order valence-corrected chi connectivity index (χ1v) is 10.6. The topological polar surface area (TPSA) is 107 Å². The Bertz CT molecular complexity index is 1310. The summed E-state index contributed by atoms with van der Waals surface area (Å²) in [6.07, 6.45) is 3.51. The molecule has 0 radical (unpaired) electrons. The smallest absolute Gasteiger partial charge is 0.250 e. The Balaban J connectivity index is 1.55. The SMILES string of the molecule is COc1cc(-c2cc3nccn3c(Nc3ccccc3C(N)=O)n2)ccc1N1CCOCC1. The van der Waals surface area contributed by atoms with Crippen LogP contribution in [0, 0.1) is 0 Å². The number of anilines is 3. The van der Waals surface area contributed by atoms with Crippen LogP contribution in [0.2, 0.25) is 0 Å². The molecule has 2 aromatic heterocycles. The minimum absolute atomic E-state index is 0.384. The molecule has 0 bridgehead atoms. The molecule has 3 N–H and O–H groups in total. The zero-order chi connectivity index (χ0) is 22.8. The van der Waals surface area contributed by atoms with Crippen LogP contribution in [0.5, 0.6) is 5.75 Å². The van der Waals surface area contributed by atoms with Gasteiger partial charge in [-0.05, 0) is 24.3 Å². The van der Waals surface area contributed by atoms with Crippen LogP contribution in [0.25, 0.3) is 16.9 Å². The van der Waals surface area contributed by atoms with E-state index in [4.69, 9.17) is 20.2 Å². The fourth-order valence-corrected chi connectivity index (χ4v) is 3.99. The van der Waals surface area contributed by atoms with Gasteiger partial charge in [-0.3, -0.25) is 9.20 Å². The number of amides is 1. The lowest BCUT2D eigenvalue weighted by atomic mass is 10.1. The molecule has 0 saturated carbocycles. The van der Waals surface area contributed by atoms with Crippen molar-refractivity contribution in [1.82, 2.24) is 14.4 Å². The average Bonchev–Trinajstić information content (AvgIpc) is 3.33. The van der Waals surface area contributed by atoms with Gasteiger partial charge in [0, 0.05) is 37.1 Å². The summed E-state index contributed by atoms with van der Waals surface area (Å²) in [6, 6.07) is 15.0. The molecular formula is C24H24N6O3. The van der Waals surface area contributed by atoms with E-state index in [1.165, 1.54) is 0 Å². The number of nitrogens with two attached hydrogens (primary N) is 1. The Morgan fingerprint density at radius 1 is 1.15 bits per heavy atom. The molecule has 0 spiro atoms. The van der Waals surface area contributed by atoms with Crippen LogP contribution in [0.4, 0.5) is 17.3 Å². The molecule has 0 atom stereocenters. The van der Waals surface area contributed by atoms with Crippen molar-refractivity contribution in [2.45, 2.75) is 0 Å². The van der Waals surface area contributed by atoms with Crippen molar-refractivity contribution in [3.05, 3.63) is 66.5 Å². The van der Waals surface area contributed by atoms with E-state index in [1.54, 1.807) is 31.5 Å². The van der Waals surface area contributed by atoms with Crippen molar-refractivity contribution in [2.24, 2.45) is 5.73 Å². The minimum atomic E-state index is -0.514. The second-order valence-electron chi connectivity index (χ2n) is 7.64. The first kappa shape index (κ1) is 20.8. The van der Waals surface area contributed by atoms with Crippen LogP contribution >= 0.6 is 0 Å². The Kier molecular flexibility index (Phi) is 5.54. The molecule has 9 nitrogen and oxygen atoms in total. The summed E-state index contributed by atoms with van der Waals surface area (Å²) < 4.78 is 13.0. The van der Waals surface area contributed by atoms with Crippen LogP contribution in [0.1, 0.15) is 10.4 Å². The fourth-order valence-electron chi connectivity index (χ4n) is 3.99. The molecule has 1 saturated heterocycles. The lowest BCUT2D eigenvalue weighted by Gasteiger charge is -2.30. The van der Waals surface area contributed by atoms with Gasteiger partial charge in [-0.25, -0.2) is 9.97 Å². The number of fused-ring (bicyclic) bond motifs is 1. The number of rotatable bonds is 6. The maximum atomic E-state index is 11.9. The molecule has 168 valence electrons. The van der Waals surface area contributed by atoms with Gasteiger partial charge in [-0.1, -0.05) is 18.2 Å². The molecule has 0 aliphatic carbocycles. The zero-order valence-electron chi connectivity index (χ0n) is 18.2. The molecule has 1 fully saturated rings.